The highest BCUT2D eigenvalue weighted by Crippen LogP contribution is 2.51. The summed E-state index contributed by atoms with van der Waals surface area (Å²) in [7, 11) is -1.53. The smallest absolute Gasteiger partial charge is 0.339 e. The van der Waals surface area contributed by atoms with Crippen molar-refractivity contribution in [1.29, 1.82) is 0 Å². The molecular formula is C38H63N3O9SSi2. The van der Waals surface area contributed by atoms with Crippen LogP contribution in [-0.2, 0) is 15.3 Å². The first-order valence-corrected chi connectivity index (χ1v) is 23.2. The van der Waals surface area contributed by atoms with E-state index in [0.717, 1.165) is 0 Å². The second kappa shape index (κ2) is 20.7. The van der Waals surface area contributed by atoms with Crippen LogP contribution in [0, 0.1) is 25.7 Å². The molecule has 1 aromatic carbocycles. The van der Waals surface area contributed by atoms with Crippen LogP contribution < -0.4 is 18.9 Å². The van der Waals surface area contributed by atoms with Crippen LogP contribution in [0.2, 0.25) is 23.2 Å². The van der Waals surface area contributed by atoms with E-state index in [1.165, 1.54) is 17.8 Å². The van der Waals surface area contributed by atoms with E-state index in [0.29, 0.717) is 70.2 Å². The van der Waals surface area contributed by atoms with Gasteiger partial charge < -0.3 is 38.4 Å². The molecule has 0 fully saturated rings. The molecule has 0 saturated carbocycles. The Morgan fingerprint density at radius 2 is 1.60 bits per heavy atom. The number of rotatable bonds is 23. The van der Waals surface area contributed by atoms with Gasteiger partial charge in [-0.15, -0.1) is 0 Å². The molecule has 0 bridgehead atoms. The van der Waals surface area contributed by atoms with Crippen molar-refractivity contribution >= 4 is 41.7 Å². The lowest BCUT2D eigenvalue weighted by atomic mass is 9.99. The van der Waals surface area contributed by atoms with Crippen molar-refractivity contribution in [3.63, 3.8) is 0 Å². The molecule has 15 heteroatoms. The highest BCUT2D eigenvalue weighted by Gasteiger charge is 2.40. The van der Waals surface area contributed by atoms with Gasteiger partial charge in [0, 0.05) is 29.1 Å². The number of aliphatic hydroxyl groups excluding tert-OH is 2. The molecule has 0 aliphatic heterocycles. The first kappa shape index (κ1) is 46.3. The van der Waals surface area contributed by atoms with Gasteiger partial charge in [0.25, 0.3) is 18.1 Å². The van der Waals surface area contributed by atoms with Crippen molar-refractivity contribution in [3.05, 3.63) is 41.1 Å². The van der Waals surface area contributed by atoms with Gasteiger partial charge in [0.05, 0.1) is 25.4 Å². The van der Waals surface area contributed by atoms with Gasteiger partial charge in [-0.25, -0.2) is 4.79 Å². The van der Waals surface area contributed by atoms with E-state index >= 15 is 0 Å². The number of nitrogens with one attached hydrogen (secondary N) is 1. The number of aryl methyl sites for hydroxylation is 1. The highest BCUT2D eigenvalue weighted by atomic mass is 32.2. The van der Waals surface area contributed by atoms with Gasteiger partial charge in [0.1, 0.15) is 12.6 Å². The van der Waals surface area contributed by atoms with Crippen LogP contribution in [0.15, 0.2) is 17.2 Å². The van der Waals surface area contributed by atoms with E-state index in [-0.39, 0.29) is 47.3 Å². The lowest BCUT2D eigenvalue weighted by Gasteiger charge is -2.37. The van der Waals surface area contributed by atoms with Gasteiger partial charge in [-0.1, -0.05) is 73.2 Å². The van der Waals surface area contributed by atoms with Crippen LogP contribution in [0.1, 0.15) is 114 Å². The number of thioether (sulfide) groups is 1. The molecule has 0 aliphatic carbocycles. The van der Waals surface area contributed by atoms with Gasteiger partial charge in [0.2, 0.25) is 11.8 Å². The molecular weight excluding hydrogens is 731 g/mol. The molecule has 3 N–H and O–H groups in total. The molecule has 2 rings (SSSR count). The van der Waals surface area contributed by atoms with Gasteiger partial charge in [-0.05, 0) is 61.7 Å². The van der Waals surface area contributed by atoms with Crippen LogP contribution in [0.3, 0.4) is 0 Å². The van der Waals surface area contributed by atoms with E-state index in [4.69, 9.17) is 28.0 Å². The Labute approximate surface area is 324 Å². The summed E-state index contributed by atoms with van der Waals surface area (Å²) in [5.41, 5.74) is 1.52. The third kappa shape index (κ3) is 12.3. The largest absolute Gasteiger partial charge is 0.539 e. The molecule has 2 radical (unpaired) electrons. The number of carbonyl (C=O) groups is 2. The molecule has 2 atom stereocenters. The first-order chi connectivity index (χ1) is 24.7. The fourth-order valence-electron chi connectivity index (χ4n) is 5.08. The summed E-state index contributed by atoms with van der Waals surface area (Å²) in [6.07, 6.45) is 1.47. The minimum atomic E-state index is -1.58. The molecule has 2 aromatic rings. The zero-order valence-corrected chi connectivity index (χ0v) is 36.9. The van der Waals surface area contributed by atoms with Crippen LogP contribution in [0.5, 0.6) is 17.2 Å². The number of ether oxygens (including phenoxy) is 2. The summed E-state index contributed by atoms with van der Waals surface area (Å²) in [5.74, 6) is 2.52. The SMILES string of the molecule is C=CCOC(=O)c1c(C)c(OC)c(O[Si](C)C(C)(C)C(C)C)c(O[Si](C)C(C)(C)C(C)C)c1CSC[C@@H](NC(=O)CCC[C@@H](O)CO)c1nc(C)no1. The number of aromatic nitrogens is 2. The molecule has 298 valence electrons. The second-order valence-corrected chi connectivity index (χ2v) is 21.4. The van der Waals surface area contributed by atoms with E-state index in [2.05, 4.69) is 90.5 Å². The Balaban J connectivity index is 2.75. The molecule has 0 unspecified atom stereocenters. The highest BCUT2D eigenvalue weighted by molar-refractivity contribution is 7.98. The standard InChI is InChI=1S/C38H63N3O9SSi2/c1-15-19-47-36(45)31-25(6)32(46-12)34(50-53(14)38(10,11)24(4)5)33(49-52(13)37(8,9)23(2)3)28(31)21-51-22-29(35-39-26(7)41-48-35)40-30(44)18-16-17-27(43)20-42/h15,23-24,27,29,42-43H,1,16-22H2,2-14H3,(H,40,44)/t27-,29-/m1/s1. The number of nitrogens with zero attached hydrogens (tertiary/aromatic N) is 2. The van der Waals surface area contributed by atoms with E-state index in [1.807, 2.05) is 6.92 Å². The molecule has 0 saturated heterocycles. The number of esters is 1. The summed E-state index contributed by atoms with van der Waals surface area (Å²) < 4.78 is 31.3. The fraction of sp³-hybridized carbons (Fsp3) is 0.684. The third-order valence-electron chi connectivity index (χ3n) is 10.5. The number of aliphatic hydroxyl groups is 2. The Kier molecular flexibility index (Phi) is 18.1. The predicted octanol–water partition coefficient (Wildman–Crippen LogP) is 7.52. The Hall–Kier alpha value is -2.86. The van der Waals surface area contributed by atoms with E-state index < -0.39 is 36.2 Å². The van der Waals surface area contributed by atoms with Gasteiger partial charge in [0.15, 0.2) is 23.1 Å². The summed E-state index contributed by atoms with van der Waals surface area (Å²) >= 11 is 1.46. The number of hydrogen-bond donors (Lipinski definition) is 3. The molecule has 1 heterocycles. The number of carbonyl (C=O) groups excluding carboxylic acids is 2. The number of benzene rings is 1. The number of amides is 1. The summed E-state index contributed by atoms with van der Waals surface area (Å²) in [6.45, 7) is 28.8. The van der Waals surface area contributed by atoms with Gasteiger partial charge in [-0.2, -0.15) is 16.7 Å². The lowest BCUT2D eigenvalue weighted by Crippen LogP contribution is -2.37. The lowest BCUT2D eigenvalue weighted by molar-refractivity contribution is -0.122. The van der Waals surface area contributed by atoms with Gasteiger partial charge in [-0.3, -0.25) is 4.79 Å². The first-order valence-electron chi connectivity index (χ1n) is 18.3. The van der Waals surface area contributed by atoms with Crippen molar-refractivity contribution in [2.75, 3.05) is 26.1 Å². The Morgan fingerprint density at radius 1 is 1.02 bits per heavy atom. The Morgan fingerprint density at radius 3 is 2.09 bits per heavy atom. The van der Waals surface area contributed by atoms with E-state index in [9.17, 15) is 14.7 Å². The van der Waals surface area contributed by atoms with Crippen molar-refractivity contribution in [3.8, 4) is 17.2 Å². The van der Waals surface area contributed by atoms with Crippen molar-refractivity contribution in [1.82, 2.24) is 15.5 Å². The summed E-state index contributed by atoms with van der Waals surface area (Å²) in [6, 6.07) is -0.643. The quantitative estimate of drug-likeness (QED) is 0.0577. The normalized spacial score (nSPS) is 13.4. The van der Waals surface area contributed by atoms with Crippen LogP contribution in [0.25, 0.3) is 0 Å². The molecule has 12 nitrogen and oxygen atoms in total. The topological polar surface area (TPSA) is 162 Å². The molecule has 0 spiro atoms. The fourth-order valence-corrected chi connectivity index (χ4v) is 9.30. The maximum absolute atomic E-state index is 13.9. The van der Waals surface area contributed by atoms with Gasteiger partial charge >= 0.3 is 5.97 Å². The minimum Gasteiger partial charge on any atom is -0.539 e. The minimum absolute atomic E-state index is 0.0233. The maximum atomic E-state index is 13.9. The average molecular weight is 794 g/mol. The predicted molar refractivity (Wildman–Crippen MR) is 213 cm³/mol. The van der Waals surface area contributed by atoms with E-state index in [1.54, 1.807) is 14.0 Å². The summed E-state index contributed by atoms with van der Waals surface area (Å²) in [5, 5.41) is 25.5. The third-order valence-corrected chi connectivity index (χ3v) is 17.4. The average Bonchev–Trinajstić information content (AvgIpc) is 3.53. The zero-order chi connectivity index (χ0) is 40.3. The van der Waals surface area contributed by atoms with Crippen LogP contribution >= 0.6 is 11.8 Å². The van der Waals surface area contributed by atoms with Crippen molar-refractivity contribution in [2.24, 2.45) is 11.8 Å². The number of hydrogen-bond acceptors (Lipinski definition) is 12. The van der Waals surface area contributed by atoms with Crippen molar-refractivity contribution < 1.29 is 42.7 Å². The van der Waals surface area contributed by atoms with Crippen LogP contribution in [0.4, 0.5) is 0 Å². The second-order valence-electron chi connectivity index (χ2n) is 15.2. The maximum Gasteiger partial charge on any atom is 0.339 e. The molecule has 0 aliphatic rings. The van der Waals surface area contributed by atoms with Crippen molar-refractivity contribution in [2.45, 2.75) is 130 Å². The number of methoxy groups -OCH3 is 1. The monoisotopic (exact) mass is 793 g/mol. The molecule has 1 aromatic heterocycles. The molecule has 1 amide bonds. The zero-order valence-electron chi connectivity index (χ0n) is 34.1. The molecule has 53 heavy (non-hydrogen) atoms. The summed E-state index contributed by atoms with van der Waals surface area (Å²) in [4.78, 5) is 31.4. The Bertz CT molecular complexity index is 1520. The van der Waals surface area contributed by atoms with Crippen LogP contribution in [-0.4, -0.2) is 82.5 Å².